The molecule has 1 aromatic heterocycles. The minimum Gasteiger partial charge on any atom is -0.492 e. The Hall–Kier alpha value is -2.56. The lowest BCUT2D eigenvalue weighted by molar-refractivity contribution is 0.0948. The van der Waals surface area contributed by atoms with Crippen LogP contribution in [0, 0.1) is 0 Å². The van der Waals surface area contributed by atoms with Crippen molar-refractivity contribution >= 4 is 17.3 Å². The van der Waals surface area contributed by atoms with Crippen molar-refractivity contribution in [1.82, 2.24) is 10.3 Å². The first kappa shape index (κ1) is 17.8. The predicted octanol–water partition coefficient (Wildman–Crippen LogP) is 4.14. The second kappa shape index (κ2) is 9.55. The van der Waals surface area contributed by atoms with Gasteiger partial charge in [0.2, 0.25) is 0 Å². The molecule has 2 N–H and O–H groups in total. The molecule has 2 aromatic rings. The average Bonchev–Trinajstić information content (AvgIpc) is 2.61. The number of carbonyl (C=O) groups excluding carboxylic acids is 1. The number of carbonyl (C=O) groups is 1. The standard InChI is InChI=1S/C19H25N3O2/c1-3-5-8-13-20-19(23)17-12-11-15(14-21-17)22-16-9-6-7-10-18(16)24-4-2/h6-7,9-12,14,22H,3-5,8,13H2,1-2H3,(H,20,23). The third kappa shape index (κ3) is 5.26. The Morgan fingerprint density at radius 2 is 1.96 bits per heavy atom. The van der Waals surface area contributed by atoms with Crippen LogP contribution in [0.3, 0.4) is 0 Å². The predicted molar refractivity (Wildman–Crippen MR) is 97.0 cm³/mol. The van der Waals surface area contributed by atoms with Gasteiger partial charge in [-0.15, -0.1) is 0 Å². The molecule has 5 nitrogen and oxygen atoms in total. The summed E-state index contributed by atoms with van der Waals surface area (Å²) in [5.74, 6) is 0.658. The van der Waals surface area contributed by atoms with Gasteiger partial charge in [0, 0.05) is 6.54 Å². The molecular weight excluding hydrogens is 302 g/mol. The van der Waals surface area contributed by atoms with Gasteiger partial charge >= 0.3 is 0 Å². The second-order valence-corrected chi connectivity index (χ2v) is 5.45. The number of amides is 1. The number of hydrogen-bond donors (Lipinski definition) is 2. The van der Waals surface area contributed by atoms with Crippen molar-refractivity contribution in [3.8, 4) is 5.75 Å². The van der Waals surface area contributed by atoms with Crippen molar-refractivity contribution in [2.24, 2.45) is 0 Å². The van der Waals surface area contributed by atoms with Crippen LogP contribution in [-0.4, -0.2) is 24.0 Å². The first-order valence-electron chi connectivity index (χ1n) is 8.47. The van der Waals surface area contributed by atoms with Crippen molar-refractivity contribution in [1.29, 1.82) is 0 Å². The summed E-state index contributed by atoms with van der Waals surface area (Å²) in [6.45, 7) is 5.38. The molecule has 0 fully saturated rings. The van der Waals surface area contributed by atoms with Crippen LogP contribution in [0.1, 0.15) is 43.6 Å². The molecule has 1 aromatic carbocycles. The monoisotopic (exact) mass is 327 g/mol. The average molecular weight is 327 g/mol. The third-order valence-corrected chi connectivity index (χ3v) is 3.53. The fourth-order valence-corrected chi connectivity index (χ4v) is 2.28. The molecular formula is C19H25N3O2. The highest BCUT2D eigenvalue weighted by atomic mass is 16.5. The summed E-state index contributed by atoms with van der Waals surface area (Å²) in [6, 6.07) is 11.3. The molecule has 2 rings (SSSR count). The first-order chi connectivity index (χ1) is 11.7. The minimum atomic E-state index is -0.132. The van der Waals surface area contributed by atoms with E-state index in [2.05, 4.69) is 22.5 Å². The van der Waals surface area contributed by atoms with E-state index in [1.165, 1.54) is 0 Å². The number of benzene rings is 1. The van der Waals surface area contributed by atoms with Gasteiger partial charge in [0.25, 0.3) is 5.91 Å². The van der Waals surface area contributed by atoms with E-state index in [0.717, 1.165) is 36.4 Å². The Morgan fingerprint density at radius 3 is 2.67 bits per heavy atom. The molecule has 0 aliphatic heterocycles. The summed E-state index contributed by atoms with van der Waals surface area (Å²) in [5.41, 5.74) is 2.11. The number of anilines is 2. The van der Waals surface area contributed by atoms with E-state index in [0.29, 0.717) is 18.8 Å². The molecule has 5 heteroatoms. The number of nitrogens with zero attached hydrogens (tertiary/aromatic N) is 1. The largest absolute Gasteiger partial charge is 0.492 e. The van der Waals surface area contributed by atoms with Gasteiger partial charge in [0.15, 0.2) is 0 Å². The zero-order valence-corrected chi connectivity index (χ0v) is 14.3. The van der Waals surface area contributed by atoms with E-state index in [1.54, 1.807) is 12.3 Å². The summed E-state index contributed by atoms with van der Waals surface area (Å²) < 4.78 is 5.59. The molecule has 0 aliphatic carbocycles. The molecule has 1 heterocycles. The fraction of sp³-hybridized carbons (Fsp3) is 0.368. The fourth-order valence-electron chi connectivity index (χ4n) is 2.28. The number of ether oxygens (including phenoxy) is 1. The van der Waals surface area contributed by atoms with Gasteiger partial charge in [0.05, 0.1) is 24.2 Å². The molecule has 0 unspecified atom stereocenters. The number of nitrogens with one attached hydrogen (secondary N) is 2. The topological polar surface area (TPSA) is 63.2 Å². The Kier molecular flexibility index (Phi) is 7.08. The maximum atomic E-state index is 12.0. The Bertz CT molecular complexity index is 641. The lowest BCUT2D eigenvalue weighted by atomic mass is 10.2. The van der Waals surface area contributed by atoms with Gasteiger partial charge in [-0.2, -0.15) is 0 Å². The molecule has 0 bridgehead atoms. The number of unbranched alkanes of at least 4 members (excludes halogenated alkanes) is 2. The summed E-state index contributed by atoms with van der Waals surface area (Å²) in [6.07, 6.45) is 4.91. The summed E-state index contributed by atoms with van der Waals surface area (Å²) in [5, 5.41) is 6.15. The quantitative estimate of drug-likeness (QED) is 0.679. The molecule has 0 radical (unpaired) electrons. The van der Waals surface area contributed by atoms with E-state index in [4.69, 9.17) is 4.74 Å². The van der Waals surface area contributed by atoms with Crippen LogP contribution in [0.5, 0.6) is 5.75 Å². The third-order valence-electron chi connectivity index (χ3n) is 3.53. The molecule has 24 heavy (non-hydrogen) atoms. The van der Waals surface area contributed by atoms with Crippen LogP contribution in [0.25, 0.3) is 0 Å². The van der Waals surface area contributed by atoms with Gasteiger partial charge in [-0.25, -0.2) is 4.98 Å². The molecule has 0 saturated heterocycles. The van der Waals surface area contributed by atoms with Crippen LogP contribution in [0.15, 0.2) is 42.6 Å². The van der Waals surface area contributed by atoms with Gasteiger partial charge < -0.3 is 15.4 Å². The normalized spacial score (nSPS) is 10.2. The van der Waals surface area contributed by atoms with Crippen molar-refractivity contribution in [2.75, 3.05) is 18.5 Å². The van der Waals surface area contributed by atoms with Crippen LogP contribution >= 0.6 is 0 Å². The van der Waals surface area contributed by atoms with Gasteiger partial charge in [-0.05, 0) is 37.6 Å². The van der Waals surface area contributed by atoms with Crippen LogP contribution in [-0.2, 0) is 0 Å². The summed E-state index contributed by atoms with van der Waals surface area (Å²) >= 11 is 0. The highest BCUT2D eigenvalue weighted by molar-refractivity contribution is 5.92. The van der Waals surface area contributed by atoms with Crippen molar-refractivity contribution in [2.45, 2.75) is 33.1 Å². The van der Waals surface area contributed by atoms with Gasteiger partial charge in [-0.3, -0.25) is 4.79 Å². The Balaban J connectivity index is 1.96. The lowest BCUT2D eigenvalue weighted by Crippen LogP contribution is -2.25. The van der Waals surface area contributed by atoms with Gasteiger partial charge in [-0.1, -0.05) is 31.9 Å². The zero-order chi connectivity index (χ0) is 17.2. The number of hydrogen-bond acceptors (Lipinski definition) is 4. The molecule has 0 aliphatic rings. The SMILES string of the molecule is CCCCCNC(=O)c1ccc(Nc2ccccc2OCC)cn1. The van der Waals surface area contributed by atoms with Crippen LogP contribution < -0.4 is 15.4 Å². The minimum absolute atomic E-state index is 0.132. The van der Waals surface area contributed by atoms with E-state index < -0.39 is 0 Å². The maximum Gasteiger partial charge on any atom is 0.269 e. The number of para-hydroxylation sites is 2. The van der Waals surface area contributed by atoms with E-state index in [1.807, 2.05) is 37.3 Å². The summed E-state index contributed by atoms with van der Waals surface area (Å²) in [7, 11) is 0. The van der Waals surface area contributed by atoms with Crippen molar-refractivity contribution in [3.05, 3.63) is 48.3 Å². The van der Waals surface area contributed by atoms with E-state index in [-0.39, 0.29) is 5.91 Å². The Labute approximate surface area is 143 Å². The van der Waals surface area contributed by atoms with Crippen molar-refractivity contribution < 1.29 is 9.53 Å². The number of aromatic nitrogens is 1. The molecule has 1 amide bonds. The van der Waals surface area contributed by atoms with Gasteiger partial charge in [0.1, 0.15) is 11.4 Å². The lowest BCUT2D eigenvalue weighted by Gasteiger charge is -2.12. The Morgan fingerprint density at radius 1 is 1.12 bits per heavy atom. The number of pyridine rings is 1. The van der Waals surface area contributed by atoms with E-state index >= 15 is 0 Å². The number of rotatable bonds is 9. The first-order valence-corrected chi connectivity index (χ1v) is 8.47. The molecule has 0 spiro atoms. The highest BCUT2D eigenvalue weighted by Gasteiger charge is 2.07. The summed E-state index contributed by atoms with van der Waals surface area (Å²) in [4.78, 5) is 16.2. The highest BCUT2D eigenvalue weighted by Crippen LogP contribution is 2.27. The molecule has 0 saturated carbocycles. The van der Waals surface area contributed by atoms with Crippen LogP contribution in [0.2, 0.25) is 0 Å². The van der Waals surface area contributed by atoms with E-state index in [9.17, 15) is 4.79 Å². The molecule has 128 valence electrons. The van der Waals surface area contributed by atoms with Crippen molar-refractivity contribution in [3.63, 3.8) is 0 Å². The zero-order valence-electron chi connectivity index (χ0n) is 14.3. The smallest absolute Gasteiger partial charge is 0.269 e. The maximum absolute atomic E-state index is 12.0. The second-order valence-electron chi connectivity index (χ2n) is 5.45. The molecule has 0 atom stereocenters. The van der Waals surface area contributed by atoms with Crippen LogP contribution in [0.4, 0.5) is 11.4 Å².